The number of carbonyl (C=O) groups is 1. The summed E-state index contributed by atoms with van der Waals surface area (Å²) in [6.07, 6.45) is 6.55. The predicted octanol–water partition coefficient (Wildman–Crippen LogP) is 3.79. The van der Waals surface area contributed by atoms with Crippen LogP contribution in [0.15, 0.2) is 30.5 Å². The molecule has 7 nitrogen and oxygen atoms in total. The first-order valence-electron chi connectivity index (χ1n) is 8.64. The number of nitrogens with one attached hydrogen (secondary N) is 1. The highest BCUT2D eigenvalue weighted by Crippen LogP contribution is 2.32. The summed E-state index contributed by atoms with van der Waals surface area (Å²) >= 11 is 1.54. The van der Waals surface area contributed by atoms with Crippen molar-refractivity contribution in [3.05, 3.63) is 46.4 Å². The topological polar surface area (TPSA) is 92.1 Å². The third-order valence-corrected chi connectivity index (χ3v) is 5.68. The Morgan fingerprint density at radius 1 is 1.46 bits per heavy atom. The fourth-order valence-electron chi connectivity index (χ4n) is 3.25. The van der Waals surface area contributed by atoms with Gasteiger partial charge in [0.25, 0.3) is 5.69 Å². The average molecular weight is 374 g/mol. The van der Waals surface area contributed by atoms with Crippen LogP contribution in [-0.2, 0) is 4.79 Å². The molecule has 1 aliphatic rings. The number of piperidine rings is 1. The number of likely N-dealkylation sites (tertiary alicyclic amines) is 1. The molecule has 2 atom stereocenters. The fourth-order valence-corrected chi connectivity index (χ4v) is 3.59. The van der Waals surface area contributed by atoms with E-state index in [1.807, 2.05) is 24.1 Å². The van der Waals surface area contributed by atoms with E-state index in [4.69, 9.17) is 0 Å². The first-order chi connectivity index (χ1) is 12.5. The number of hydrogen-bond donors (Lipinski definition) is 1. The molecule has 1 saturated heterocycles. The van der Waals surface area contributed by atoms with Gasteiger partial charge in [-0.25, -0.2) is 4.98 Å². The lowest BCUT2D eigenvalue weighted by Crippen LogP contribution is -2.42. The highest BCUT2D eigenvalue weighted by atomic mass is 32.2. The van der Waals surface area contributed by atoms with Crippen molar-refractivity contribution < 1.29 is 9.72 Å². The Balaban J connectivity index is 1.87. The third-order valence-electron chi connectivity index (χ3n) is 4.77. The molecule has 0 spiro atoms. The molecule has 0 bridgehead atoms. The molecule has 1 amide bonds. The summed E-state index contributed by atoms with van der Waals surface area (Å²) in [4.78, 5) is 32.9. The molecular weight excluding hydrogens is 352 g/mol. The molecule has 2 heterocycles. The van der Waals surface area contributed by atoms with Gasteiger partial charge in [0.05, 0.1) is 28.1 Å². The molecule has 0 radical (unpaired) electrons. The molecule has 1 N–H and O–H groups in total. The normalized spacial score (nSPS) is 18.5. The highest BCUT2D eigenvalue weighted by Gasteiger charge is 2.32. The number of hydrogen-bond acceptors (Lipinski definition) is 5. The van der Waals surface area contributed by atoms with E-state index in [0.29, 0.717) is 5.56 Å². The van der Waals surface area contributed by atoms with Crippen molar-refractivity contribution in [2.24, 2.45) is 0 Å². The van der Waals surface area contributed by atoms with E-state index < -0.39 is 4.92 Å². The van der Waals surface area contributed by atoms with Crippen LogP contribution in [0, 0.1) is 10.1 Å². The Morgan fingerprint density at radius 3 is 3.00 bits per heavy atom. The van der Waals surface area contributed by atoms with Crippen molar-refractivity contribution in [1.29, 1.82) is 0 Å². The first-order valence-corrected chi connectivity index (χ1v) is 9.93. The van der Waals surface area contributed by atoms with Crippen LogP contribution in [0.4, 0.5) is 5.69 Å². The Kier molecular flexibility index (Phi) is 5.61. The van der Waals surface area contributed by atoms with Crippen LogP contribution in [0.2, 0.25) is 0 Å². The van der Waals surface area contributed by atoms with Crippen molar-refractivity contribution in [3.63, 3.8) is 0 Å². The molecule has 0 saturated carbocycles. The maximum absolute atomic E-state index is 12.7. The Bertz CT molecular complexity index is 807. The van der Waals surface area contributed by atoms with Crippen molar-refractivity contribution in [2.45, 2.75) is 37.5 Å². The van der Waals surface area contributed by atoms with E-state index in [1.54, 1.807) is 24.0 Å². The Morgan fingerprint density at radius 2 is 2.27 bits per heavy atom. The summed E-state index contributed by atoms with van der Waals surface area (Å²) in [5.74, 6) is 0.878. The molecular formula is C18H22N4O3S. The molecule has 2 aromatic rings. The molecule has 26 heavy (non-hydrogen) atoms. The van der Waals surface area contributed by atoms with Crippen LogP contribution in [0.3, 0.4) is 0 Å². The van der Waals surface area contributed by atoms with Gasteiger partial charge in [-0.15, -0.1) is 0 Å². The minimum absolute atomic E-state index is 0.0434. The van der Waals surface area contributed by atoms with E-state index in [-0.39, 0.29) is 22.9 Å². The van der Waals surface area contributed by atoms with Crippen LogP contribution in [0.1, 0.15) is 38.1 Å². The van der Waals surface area contributed by atoms with Gasteiger partial charge in [0.2, 0.25) is 5.91 Å². The van der Waals surface area contributed by atoms with Crippen molar-refractivity contribution in [3.8, 4) is 11.3 Å². The molecule has 1 fully saturated rings. The monoisotopic (exact) mass is 374 g/mol. The zero-order valence-electron chi connectivity index (χ0n) is 14.8. The zero-order valence-corrected chi connectivity index (χ0v) is 15.7. The SMILES string of the molecule is CSC(C)C(=O)N1CCCCC1c1ncc(-c2cccc([N+](=O)[O-])c2)[nH]1. The number of thioether (sulfide) groups is 1. The maximum Gasteiger partial charge on any atom is 0.270 e. The summed E-state index contributed by atoms with van der Waals surface area (Å²) in [6.45, 7) is 2.66. The summed E-state index contributed by atoms with van der Waals surface area (Å²) in [6, 6.07) is 6.38. The molecule has 1 aliphatic heterocycles. The predicted molar refractivity (Wildman–Crippen MR) is 102 cm³/mol. The molecule has 138 valence electrons. The number of benzene rings is 1. The number of non-ortho nitro benzene ring substituents is 1. The van der Waals surface area contributed by atoms with Gasteiger partial charge in [-0.3, -0.25) is 14.9 Å². The number of H-pyrrole nitrogens is 1. The zero-order chi connectivity index (χ0) is 18.7. The molecule has 0 aliphatic carbocycles. The lowest BCUT2D eigenvalue weighted by molar-refractivity contribution is -0.384. The smallest absolute Gasteiger partial charge is 0.270 e. The highest BCUT2D eigenvalue weighted by molar-refractivity contribution is 7.99. The summed E-state index contributed by atoms with van der Waals surface area (Å²) in [7, 11) is 0. The Labute approximate surface area is 156 Å². The molecule has 2 unspecified atom stereocenters. The van der Waals surface area contributed by atoms with Gasteiger partial charge >= 0.3 is 0 Å². The van der Waals surface area contributed by atoms with Gasteiger partial charge < -0.3 is 9.88 Å². The van der Waals surface area contributed by atoms with Gasteiger partial charge in [-0.2, -0.15) is 11.8 Å². The lowest BCUT2D eigenvalue weighted by Gasteiger charge is -2.36. The second-order valence-electron chi connectivity index (χ2n) is 6.41. The number of nitro benzene ring substituents is 1. The molecule has 1 aromatic heterocycles. The number of aromatic amines is 1. The third kappa shape index (κ3) is 3.75. The Hall–Kier alpha value is -2.35. The van der Waals surface area contributed by atoms with Crippen LogP contribution < -0.4 is 0 Å². The number of carbonyl (C=O) groups excluding carboxylic acids is 1. The van der Waals surface area contributed by atoms with Gasteiger partial charge in [-0.1, -0.05) is 12.1 Å². The first kappa shape index (κ1) is 18.4. The van der Waals surface area contributed by atoms with Crippen LogP contribution >= 0.6 is 11.8 Å². The number of nitrogens with zero attached hydrogens (tertiary/aromatic N) is 3. The van der Waals surface area contributed by atoms with E-state index in [0.717, 1.165) is 37.3 Å². The van der Waals surface area contributed by atoms with E-state index in [9.17, 15) is 14.9 Å². The number of imidazole rings is 1. The van der Waals surface area contributed by atoms with Gasteiger partial charge in [0, 0.05) is 24.2 Å². The number of nitro groups is 1. The van der Waals surface area contributed by atoms with E-state index in [2.05, 4.69) is 9.97 Å². The van der Waals surface area contributed by atoms with Gasteiger partial charge in [0.15, 0.2) is 0 Å². The second kappa shape index (κ2) is 7.90. The van der Waals surface area contributed by atoms with Crippen LogP contribution in [0.25, 0.3) is 11.3 Å². The summed E-state index contributed by atoms with van der Waals surface area (Å²) in [5, 5.41) is 10.9. The van der Waals surface area contributed by atoms with E-state index in [1.165, 1.54) is 12.1 Å². The number of rotatable bonds is 5. The van der Waals surface area contributed by atoms with Crippen molar-refractivity contribution in [2.75, 3.05) is 12.8 Å². The standard InChI is InChI=1S/C18H22N4O3S/c1-12(26-2)18(23)21-9-4-3-8-16(21)17-19-11-15(20-17)13-6-5-7-14(10-13)22(24)25/h5-7,10-12,16H,3-4,8-9H2,1-2H3,(H,19,20). The van der Waals surface area contributed by atoms with Crippen molar-refractivity contribution >= 4 is 23.4 Å². The molecule has 3 rings (SSSR count). The fraction of sp³-hybridized carbons (Fsp3) is 0.444. The van der Waals surface area contributed by atoms with E-state index >= 15 is 0 Å². The summed E-state index contributed by atoms with van der Waals surface area (Å²) < 4.78 is 0. The van der Waals surface area contributed by atoms with Crippen LogP contribution in [-0.4, -0.2) is 43.7 Å². The van der Waals surface area contributed by atoms with Gasteiger partial charge in [-0.05, 0) is 32.4 Å². The number of amides is 1. The minimum Gasteiger partial charge on any atom is -0.340 e. The van der Waals surface area contributed by atoms with Gasteiger partial charge in [0.1, 0.15) is 5.82 Å². The lowest BCUT2D eigenvalue weighted by atomic mass is 10.0. The molecule has 8 heteroatoms. The number of aromatic nitrogens is 2. The molecule has 1 aromatic carbocycles. The maximum atomic E-state index is 12.7. The van der Waals surface area contributed by atoms with Crippen LogP contribution in [0.5, 0.6) is 0 Å². The quantitative estimate of drug-likeness (QED) is 0.635. The average Bonchev–Trinajstić information content (AvgIpc) is 3.17. The van der Waals surface area contributed by atoms with Crippen molar-refractivity contribution in [1.82, 2.24) is 14.9 Å². The summed E-state index contributed by atoms with van der Waals surface area (Å²) in [5.41, 5.74) is 1.48. The second-order valence-corrected chi connectivity index (χ2v) is 7.59. The largest absolute Gasteiger partial charge is 0.340 e. The minimum atomic E-state index is -0.411.